The molecule has 0 fully saturated rings. The van der Waals surface area contributed by atoms with E-state index in [-0.39, 0.29) is 0 Å². The van der Waals surface area contributed by atoms with Crippen LogP contribution in [0.15, 0.2) is 43.1 Å². The average Bonchev–Trinajstić information content (AvgIpc) is 2.72. The highest BCUT2D eigenvalue weighted by atomic mass is 14.9. The van der Waals surface area contributed by atoms with Crippen LogP contribution in [0.2, 0.25) is 0 Å². The van der Waals surface area contributed by atoms with Gasteiger partial charge in [0.1, 0.15) is 0 Å². The predicted octanol–water partition coefficient (Wildman–Crippen LogP) is 2.83. The molecule has 2 N–H and O–H groups in total. The fourth-order valence-corrected chi connectivity index (χ4v) is 1.57. The summed E-state index contributed by atoms with van der Waals surface area (Å²) < 4.78 is 0. The number of H-pyrrole nitrogens is 1. The molecular weight excluding hydrogens is 184 g/mol. The molecule has 0 saturated carbocycles. The largest absolute Gasteiger partial charge is 0.361 e. The maximum atomic E-state index is 3.75. The first-order valence-corrected chi connectivity index (χ1v) is 5.21. The summed E-state index contributed by atoms with van der Waals surface area (Å²) in [5.41, 5.74) is 2.49. The number of aromatic nitrogens is 1. The molecule has 0 aliphatic rings. The summed E-state index contributed by atoms with van der Waals surface area (Å²) >= 11 is 0. The maximum absolute atomic E-state index is 3.75. The summed E-state index contributed by atoms with van der Waals surface area (Å²) in [6, 6.07) is 8.91. The van der Waals surface area contributed by atoms with Gasteiger partial charge in [0.25, 0.3) is 0 Å². The zero-order valence-electron chi connectivity index (χ0n) is 8.96. The van der Waals surface area contributed by atoms with Crippen molar-refractivity contribution in [1.29, 1.82) is 0 Å². The Bertz CT molecular complexity index is 456. The Morgan fingerprint density at radius 3 is 3.13 bits per heavy atom. The van der Waals surface area contributed by atoms with Crippen LogP contribution >= 0.6 is 0 Å². The number of benzene rings is 1. The summed E-state index contributed by atoms with van der Waals surface area (Å²) in [4.78, 5) is 3.19. The van der Waals surface area contributed by atoms with Crippen molar-refractivity contribution < 1.29 is 0 Å². The van der Waals surface area contributed by atoms with E-state index in [0.717, 1.165) is 6.54 Å². The summed E-state index contributed by atoms with van der Waals surface area (Å²) in [7, 11) is 0. The van der Waals surface area contributed by atoms with Gasteiger partial charge in [0, 0.05) is 24.3 Å². The van der Waals surface area contributed by atoms with Crippen LogP contribution in [-0.4, -0.2) is 11.0 Å². The molecule has 0 radical (unpaired) electrons. The molecular formula is C13H16N2. The Morgan fingerprint density at radius 2 is 2.33 bits per heavy atom. The Labute approximate surface area is 90.0 Å². The normalized spacial score (nSPS) is 12.9. The smallest absolute Gasteiger partial charge is 0.0454 e. The molecule has 2 rings (SSSR count). The van der Waals surface area contributed by atoms with Gasteiger partial charge in [0.05, 0.1) is 0 Å². The van der Waals surface area contributed by atoms with Gasteiger partial charge in [-0.05, 0) is 36.1 Å². The zero-order valence-corrected chi connectivity index (χ0v) is 8.96. The van der Waals surface area contributed by atoms with E-state index in [1.54, 1.807) is 0 Å². The van der Waals surface area contributed by atoms with Crippen molar-refractivity contribution in [2.24, 2.45) is 0 Å². The molecule has 78 valence electrons. The molecule has 0 amide bonds. The fraction of sp³-hybridized carbons (Fsp3) is 0.231. The minimum Gasteiger partial charge on any atom is -0.361 e. The highest BCUT2D eigenvalue weighted by Gasteiger charge is 1.98. The van der Waals surface area contributed by atoms with E-state index in [4.69, 9.17) is 0 Å². The van der Waals surface area contributed by atoms with E-state index in [1.165, 1.54) is 16.5 Å². The van der Waals surface area contributed by atoms with Gasteiger partial charge in [-0.1, -0.05) is 12.1 Å². The molecule has 1 aromatic carbocycles. The van der Waals surface area contributed by atoms with Gasteiger partial charge in [0.2, 0.25) is 0 Å². The van der Waals surface area contributed by atoms with Gasteiger partial charge in [-0.15, -0.1) is 6.58 Å². The standard InChI is InChI=1S/C13H16N2/c1-3-10(2)15-9-11-4-5-13-12(8-11)6-7-14-13/h3-8,10,14-15H,1,9H2,2H3. The average molecular weight is 200 g/mol. The molecule has 0 spiro atoms. The molecule has 0 bridgehead atoms. The molecule has 2 heteroatoms. The van der Waals surface area contributed by atoms with Crippen LogP contribution in [0.5, 0.6) is 0 Å². The molecule has 1 aromatic heterocycles. The lowest BCUT2D eigenvalue weighted by atomic mass is 10.1. The van der Waals surface area contributed by atoms with Crippen LogP contribution in [0.3, 0.4) is 0 Å². The second-order valence-corrected chi connectivity index (χ2v) is 3.80. The first-order valence-electron chi connectivity index (χ1n) is 5.21. The third kappa shape index (κ3) is 2.28. The van der Waals surface area contributed by atoms with E-state index in [1.807, 2.05) is 12.3 Å². The van der Waals surface area contributed by atoms with Gasteiger partial charge in [-0.3, -0.25) is 0 Å². The number of nitrogens with one attached hydrogen (secondary N) is 2. The predicted molar refractivity (Wildman–Crippen MR) is 64.8 cm³/mol. The highest BCUT2D eigenvalue weighted by Crippen LogP contribution is 2.14. The Morgan fingerprint density at radius 1 is 1.47 bits per heavy atom. The van der Waals surface area contributed by atoms with Crippen molar-refractivity contribution in [2.45, 2.75) is 19.5 Å². The SMILES string of the molecule is C=CC(C)NCc1ccc2[nH]ccc2c1. The molecule has 1 atom stereocenters. The lowest BCUT2D eigenvalue weighted by molar-refractivity contribution is 0.634. The third-order valence-electron chi connectivity index (χ3n) is 2.60. The number of rotatable bonds is 4. The number of hydrogen-bond acceptors (Lipinski definition) is 1. The summed E-state index contributed by atoms with van der Waals surface area (Å²) in [6.07, 6.45) is 3.88. The van der Waals surface area contributed by atoms with Crippen LogP contribution < -0.4 is 5.32 Å². The van der Waals surface area contributed by atoms with Crippen LogP contribution in [0, 0.1) is 0 Å². The number of hydrogen-bond donors (Lipinski definition) is 2. The molecule has 1 unspecified atom stereocenters. The van der Waals surface area contributed by atoms with Crippen molar-refractivity contribution in [3.63, 3.8) is 0 Å². The van der Waals surface area contributed by atoms with Gasteiger partial charge in [-0.25, -0.2) is 0 Å². The third-order valence-corrected chi connectivity index (χ3v) is 2.60. The number of fused-ring (bicyclic) bond motifs is 1. The minimum absolute atomic E-state index is 0.354. The Balaban J connectivity index is 2.11. The van der Waals surface area contributed by atoms with Crippen LogP contribution in [-0.2, 0) is 6.54 Å². The van der Waals surface area contributed by atoms with E-state index >= 15 is 0 Å². The second-order valence-electron chi connectivity index (χ2n) is 3.80. The molecule has 0 aliphatic heterocycles. The molecule has 2 nitrogen and oxygen atoms in total. The summed E-state index contributed by atoms with van der Waals surface area (Å²) in [5.74, 6) is 0. The van der Waals surface area contributed by atoms with Crippen molar-refractivity contribution in [3.8, 4) is 0 Å². The van der Waals surface area contributed by atoms with E-state index in [9.17, 15) is 0 Å². The molecule has 15 heavy (non-hydrogen) atoms. The fourth-order valence-electron chi connectivity index (χ4n) is 1.57. The first kappa shape index (κ1) is 9.99. The van der Waals surface area contributed by atoms with Crippen LogP contribution in [0.4, 0.5) is 0 Å². The van der Waals surface area contributed by atoms with Gasteiger partial charge < -0.3 is 10.3 Å². The van der Waals surface area contributed by atoms with E-state index < -0.39 is 0 Å². The summed E-state index contributed by atoms with van der Waals surface area (Å²) in [5, 5.41) is 4.64. The van der Waals surface area contributed by atoms with Crippen LogP contribution in [0.1, 0.15) is 12.5 Å². The first-order chi connectivity index (χ1) is 7.29. The second kappa shape index (κ2) is 4.32. The minimum atomic E-state index is 0.354. The van der Waals surface area contributed by atoms with E-state index in [0.29, 0.717) is 6.04 Å². The maximum Gasteiger partial charge on any atom is 0.0454 e. The Kier molecular flexibility index (Phi) is 2.88. The molecule has 0 aliphatic carbocycles. The van der Waals surface area contributed by atoms with Crippen molar-refractivity contribution >= 4 is 10.9 Å². The lowest BCUT2D eigenvalue weighted by Crippen LogP contribution is -2.22. The Hall–Kier alpha value is -1.54. The monoisotopic (exact) mass is 200 g/mol. The van der Waals surface area contributed by atoms with Crippen molar-refractivity contribution in [1.82, 2.24) is 10.3 Å². The van der Waals surface area contributed by atoms with E-state index in [2.05, 4.69) is 48.1 Å². The molecule has 2 aromatic rings. The topological polar surface area (TPSA) is 27.8 Å². The van der Waals surface area contributed by atoms with Gasteiger partial charge in [-0.2, -0.15) is 0 Å². The van der Waals surface area contributed by atoms with Crippen molar-refractivity contribution in [3.05, 3.63) is 48.7 Å². The quantitative estimate of drug-likeness (QED) is 0.730. The van der Waals surface area contributed by atoms with Gasteiger partial charge >= 0.3 is 0 Å². The summed E-state index contributed by atoms with van der Waals surface area (Å²) in [6.45, 7) is 6.73. The highest BCUT2D eigenvalue weighted by molar-refractivity contribution is 5.79. The number of aromatic amines is 1. The van der Waals surface area contributed by atoms with Crippen LogP contribution in [0.25, 0.3) is 10.9 Å². The van der Waals surface area contributed by atoms with Crippen molar-refractivity contribution in [2.75, 3.05) is 0 Å². The zero-order chi connectivity index (χ0) is 10.7. The lowest BCUT2D eigenvalue weighted by Gasteiger charge is -2.08. The van der Waals surface area contributed by atoms with Gasteiger partial charge in [0.15, 0.2) is 0 Å². The molecule has 1 heterocycles. The molecule has 0 saturated heterocycles.